The van der Waals surface area contributed by atoms with Crippen molar-refractivity contribution in [1.82, 2.24) is 4.90 Å². The molecular formula is C13H15N3O3. The van der Waals surface area contributed by atoms with Crippen molar-refractivity contribution < 1.29 is 14.4 Å². The molecule has 4 N–H and O–H groups in total. The summed E-state index contributed by atoms with van der Waals surface area (Å²) in [5, 5.41) is 0. The van der Waals surface area contributed by atoms with Crippen LogP contribution in [0.2, 0.25) is 0 Å². The van der Waals surface area contributed by atoms with Crippen LogP contribution in [-0.4, -0.2) is 22.6 Å². The highest BCUT2D eigenvalue weighted by molar-refractivity contribution is 5.97. The van der Waals surface area contributed by atoms with Crippen LogP contribution in [-0.2, 0) is 16.1 Å². The first-order valence-electron chi connectivity index (χ1n) is 6.00. The number of carbonyl (C=O) groups excluding carboxylic acids is 3. The lowest BCUT2D eigenvalue weighted by Crippen LogP contribution is -2.39. The van der Waals surface area contributed by atoms with Gasteiger partial charge >= 0.3 is 0 Å². The van der Waals surface area contributed by atoms with E-state index in [0.29, 0.717) is 36.1 Å². The van der Waals surface area contributed by atoms with Crippen molar-refractivity contribution in [2.75, 3.05) is 5.73 Å². The Bertz CT molecular complexity index is 538. The van der Waals surface area contributed by atoms with Gasteiger partial charge in [0.25, 0.3) is 0 Å². The molecule has 1 fully saturated rings. The van der Waals surface area contributed by atoms with Crippen LogP contribution in [0.5, 0.6) is 0 Å². The Balaban J connectivity index is 2.21. The number of nitrogens with zero attached hydrogens (tertiary/aromatic N) is 1. The van der Waals surface area contributed by atoms with Gasteiger partial charge in [0.1, 0.15) is 0 Å². The number of amides is 3. The van der Waals surface area contributed by atoms with Crippen molar-refractivity contribution in [3.63, 3.8) is 0 Å². The van der Waals surface area contributed by atoms with Crippen LogP contribution in [0.25, 0.3) is 0 Å². The predicted octanol–water partition coefficient (Wildman–Crippen LogP) is 0.407. The van der Waals surface area contributed by atoms with E-state index >= 15 is 0 Å². The van der Waals surface area contributed by atoms with Crippen LogP contribution in [0, 0.1) is 0 Å². The number of carbonyl (C=O) groups is 3. The number of primary amides is 1. The molecule has 6 nitrogen and oxygen atoms in total. The molecule has 0 atom stereocenters. The normalized spacial score (nSPS) is 15.7. The van der Waals surface area contributed by atoms with E-state index in [1.807, 2.05) is 0 Å². The third kappa shape index (κ3) is 2.73. The Kier molecular flexibility index (Phi) is 3.50. The minimum atomic E-state index is -0.566. The molecule has 1 aromatic rings. The molecular weight excluding hydrogens is 246 g/mol. The number of anilines is 1. The summed E-state index contributed by atoms with van der Waals surface area (Å²) >= 11 is 0. The standard InChI is InChI=1S/C13H15N3O3/c14-10-6-8(13(15)19)4-5-9(10)7-16-11(17)2-1-3-12(16)18/h4-6H,1-3,7,14H2,(H2,15,19). The number of hydrogen-bond donors (Lipinski definition) is 2. The van der Waals surface area contributed by atoms with Crippen LogP contribution < -0.4 is 11.5 Å². The fraction of sp³-hybridized carbons (Fsp3) is 0.308. The molecule has 3 amide bonds. The number of likely N-dealkylation sites (tertiary alicyclic amines) is 1. The lowest BCUT2D eigenvalue weighted by molar-refractivity contribution is -0.148. The molecule has 0 bridgehead atoms. The van der Waals surface area contributed by atoms with E-state index in [-0.39, 0.29) is 18.4 Å². The minimum Gasteiger partial charge on any atom is -0.398 e. The van der Waals surface area contributed by atoms with Crippen molar-refractivity contribution >= 4 is 23.4 Å². The highest BCUT2D eigenvalue weighted by atomic mass is 16.2. The van der Waals surface area contributed by atoms with Gasteiger partial charge < -0.3 is 11.5 Å². The van der Waals surface area contributed by atoms with Gasteiger partial charge in [-0.15, -0.1) is 0 Å². The van der Waals surface area contributed by atoms with E-state index in [0.717, 1.165) is 0 Å². The molecule has 0 saturated carbocycles. The van der Waals surface area contributed by atoms with Crippen molar-refractivity contribution in [1.29, 1.82) is 0 Å². The molecule has 1 saturated heterocycles. The highest BCUT2D eigenvalue weighted by Gasteiger charge is 2.26. The fourth-order valence-corrected chi connectivity index (χ4v) is 2.04. The Morgan fingerprint density at radius 1 is 1.21 bits per heavy atom. The Labute approximate surface area is 110 Å². The molecule has 2 rings (SSSR count). The van der Waals surface area contributed by atoms with E-state index in [4.69, 9.17) is 11.5 Å². The summed E-state index contributed by atoms with van der Waals surface area (Å²) in [6, 6.07) is 4.61. The van der Waals surface area contributed by atoms with Gasteiger partial charge in [-0.3, -0.25) is 19.3 Å². The summed E-state index contributed by atoms with van der Waals surface area (Å²) in [4.78, 5) is 35.6. The summed E-state index contributed by atoms with van der Waals surface area (Å²) in [6.45, 7) is 0.141. The maximum atomic E-state index is 11.7. The Hall–Kier alpha value is -2.37. The number of benzene rings is 1. The quantitative estimate of drug-likeness (QED) is 0.606. The zero-order valence-electron chi connectivity index (χ0n) is 10.4. The second-order valence-electron chi connectivity index (χ2n) is 4.51. The van der Waals surface area contributed by atoms with Crippen LogP contribution in [0.1, 0.15) is 35.2 Å². The molecule has 1 heterocycles. The third-order valence-corrected chi connectivity index (χ3v) is 3.14. The average molecular weight is 261 g/mol. The molecule has 1 aliphatic heterocycles. The first kappa shape index (κ1) is 13.1. The van der Waals surface area contributed by atoms with Crippen LogP contribution in [0.15, 0.2) is 18.2 Å². The number of rotatable bonds is 3. The van der Waals surface area contributed by atoms with E-state index < -0.39 is 5.91 Å². The second-order valence-corrected chi connectivity index (χ2v) is 4.51. The van der Waals surface area contributed by atoms with Gasteiger partial charge in [0.2, 0.25) is 17.7 Å². The van der Waals surface area contributed by atoms with Gasteiger partial charge in [-0.25, -0.2) is 0 Å². The van der Waals surface area contributed by atoms with Crippen molar-refractivity contribution in [3.05, 3.63) is 29.3 Å². The Morgan fingerprint density at radius 2 is 1.84 bits per heavy atom. The van der Waals surface area contributed by atoms with E-state index in [1.54, 1.807) is 6.07 Å². The van der Waals surface area contributed by atoms with E-state index in [9.17, 15) is 14.4 Å². The van der Waals surface area contributed by atoms with Gasteiger partial charge in [-0.05, 0) is 24.1 Å². The molecule has 0 radical (unpaired) electrons. The highest BCUT2D eigenvalue weighted by Crippen LogP contribution is 2.20. The lowest BCUT2D eigenvalue weighted by Gasteiger charge is -2.25. The summed E-state index contributed by atoms with van der Waals surface area (Å²) in [5.74, 6) is -0.937. The van der Waals surface area contributed by atoms with Gasteiger partial charge in [0.15, 0.2) is 0 Å². The molecule has 0 aliphatic carbocycles. The smallest absolute Gasteiger partial charge is 0.248 e. The van der Waals surface area contributed by atoms with Crippen LogP contribution in [0.4, 0.5) is 5.69 Å². The molecule has 1 aliphatic rings. The number of nitrogens with two attached hydrogens (primary N) is 2. The molecule has 100 valence electrons. The summed E-state index contributed by atoms with van der Waals surface area (Å²) in [6.07, 6.45) is 1.36. The van der Waals surface area contributed by atoms with E-state index in [2.05, 4.69) is 0 Å². The molecule has 1 aromatic carbocycles. The number of nitrogen functional groups attached to an aromatic ring is 1. The zero-order chi connectivity index (χ0) is 14.0. The van der Waals surface area contributed by atoms with Crippen molar-refractivity contribution in [3.8, 4) is 0 Å². The molecule has 6 heteroatoms. The first-order valence-corrected chi connectivity index (χ1v) is 6.00. The molecule has 0 spiro atoms. The average Bonchev–Trinajstić information content (AvgIpc) is 2.35. The molecule has 0 unspecified atom stereocenters. The number of imide groups is 1. The lowest BCUT2D eigenvalue weighted by atomic mass is 10.1. The molecule has 19 heavy (non-hydrogen) atoms. The maximum absolute atomic E-state index is 11.7. The summed E-state index contributed by atoms with van der Waals surface area (Å²) in [7, 11) is 0. The summed E-state index contributed by atoms with van der Waals surface area (Å²) in [5.41, 5.74) is 12.2. The van der Waals surface area contributed by atoms with Crippen molar-refractivity contribution in [2.24, 2.45) is 5.73 Å². The van der Waals surface area contributed by atoms with Gasteiger partial charge in [0, 0.05) is 24.1 Å². The third-order valence-electron chi connectivity index (χ3n) is 3.14. The fourth-order valence-electron chi connectivity index (χ4n) is 2.04. The van der Waals surface area contributed by atoms with Gasteiger partial charge in [0.05, 0.1) is 6.54 Å². The van der Waals surface area contributed by atoms with Crippen molar-refractivity contribution in [2.45, 2.75) is 25.8 Å². The summed E-state index contributed by atoms with van der Waals surface area (Å²) < 4.78 is 0. The topological polar surface area (TPSA) is 106 Å². The maximum Gasteiger partial charge on any atom is 0.248 e. The van der Waals surface area contributed by atoms with Crippen LogP contribution in [0.3, 0.4) is 0 Å². The molecule has 0 aromatic heterocycles. The SMILES string of the molecule is NC(=O)c1ccc(CN2C(=O)CCCC2=O)c(N)c1. The second kappa shape index (κ2) is 5.09. The van der Waals surface area contributed by atoms with Gasteiger partial charge in [-0.1, -0.05) is 6.07 Å². The Morgan fingerprint density at radius 3 is 2.37 bits per heavy atom. The largest absolute Gasteiger partial charge is 0.398 e. The zero-order valence-corrected chi connectivity index (χ0v) is 10.4. The minimum absolute atomic E-state index is 0.141. The van der Waals surface area contributed by atoms with E-state index in [1.165, 1.54) is 17.0 Å². The van der Waals surface area contributed by atoms with Crippen LogP contribution >= 0.6 is 0 Å². The first-order chi connectivity index (χ1) is 8.99. The number of piperidine rings is 1. The number of hydrogen-bond acceptors (Lipinski definition) is 4. The predicted molar refractivity (Wildman–Crippen MR) is 68.8 cm³/mol. The van der Waals surface area contributed by atoms with Gasteiger partial charge in [-0.2, -0.15) is 0 Å². The monoisotopic (exact) mass is 261 g/mol.